The van der Waals surface area contributed by atoms with Crippen LogP contribution in [0.3, 0.4) is 0 Å². The number of nitrogens with zero attached hydrogens (tertiary/aromatic N) is 1. The van der Waals surface area contributed by atoms with Gasteiger partial charge in [-0.15, -0.1) is 0 Å². The maximum absolute atomic E-state index is 13.1. The molecular weight excluding hydrogens is 268 g/mol. The number of hydrogen-bond donors (Lipinski definition) is 2. The average Bonchev–Trinajstić information content (AvgIpc) is 3.05. The number of aliphatic carboxylic acids is 1. The van der Waals surface area contributed by atoms with E-state index in [0.29, 0.717) is 18.9 Å². The van der Waals surface area contributed by atoms with E-state index in [2.05, 4.69) is 6.92 Å². The van der Waals surface area contributed by atoms with Gasteiger partial charge in [-0.05, 0) is 50.9 Å². The van der Waals surface area contributed by atoms with Crippen LogP contribution in [0.15, 0.2) is 0 Å². The second kappa shape index (κ2) is 5.27. The lowest BCUT2D eigenvalue weighted by Gasteiger charge is -2.41. The van der Waals surface area contributed by atoms with E-state index in [1.807, 2.05) is 4.90 Å². The highest BCUT2D eigenvalue weighted by Gasteiger charge is 2.55. The van der Waals surface area contributed by atoms with Crippen LogP contribution in [0.5, 0.6) is 0 Å². The second-order valence-electron chi connectivity index (χ2n) is 7.36. The third-order valence-corrected chi connectivity index (χ3v) is 6.16. The lowest BCUT2D eigenvalue weighted by Crippen LogP contribution is -2.52. The molecule has 5 nitrogen and oxygen atoms in total. The molecule has 3 N–H and O–H groups in total. The Bertz CT molecular complexity index is 443. The molecule has 0 spiro atoms. The highest BCUT2D eigenvalue weighted by atomic mass is 16.4. The molecule has 118 valence electrons. The van der Waals surface area contributed by atoms with Crippen molar-refractivity contribution < 1.29 is 14.7 Å². The van der Waals surface area contributed by atoms with E-state index in [9.17, 15) is 14.7 Å². The summed E-state index contributed by atoms with van der Waals surface area (Å²) in [5, 5.41) is 9.34. The normalized spacial score (nSPS) is 42.3. The first-order valence-electron chi connectivity index (χ1n) is 8.24. The minimum Gasteiger partial charge on any atom is -0.481 e. The molecule has 0 aromatic carbocycles. The van der Waals surface area contributed by atoms with E-state index in [1.54, 1.807) is 0 Å². The molecule has 5 heteroatoms. The van der Waals surface area contributed by atoms with E-state index in [1.165, 1.54) is 0 Å². The lowest BCUT2D eigenvalue weighted by molar-refractivity contribution is -0.147. The molecular formula is C16H26N2O3. The molecule has 0 radical (unpaired) electrons. The topological polar surface area (TPSA) is 83.6 Å². The number of rotatable bonds is 3. The predicted octanol–water partition coefficient (Wildman–Crippen LogP) is 1.61. The van der Waals surface area contributed by atoms with Gasteiger partial charge in [-0.25, -0.2) is 0 Å². The molecule has 3 unspecified atom stereocenters. The Kier molecular flexibility index (Phi) is 3.72. The van der Waals surface area contributed by atoms with Crippen LogP contribution in [0.2, 0.25) is 0 Å². The van der Waals surface area contributed by atoms with Gasteiger partial charge in [0.1, 0.15) is 0 Å². The van der Waals surface area contributed by atoms with Crippen molar-refractivity contribution >= 4 is 11.9 Å². The Morgan fingerprint density at radius 2 is 1.90 bits per heavy atom. The van der Waals surface area contributed by atoms with Gasteiger partial charge in [0.25, 0.3) is 0 Å². The minimum atomic E-state index is -0.751. The van der Waals surface area contributed by atoms with Crippen LogP contribution in [-0.4, -0.2) is 40.5 Å². The summed E-state index contributed by atoms with van der Waals surface area (Å²) in [5.74, 6) is -0.309. The van der Waals surface area contributed by atoms with Crippen molar-refractivity contribution in [3.63, 3.8) is 0 Å². The van der Waals surface area contributed by atoms with Crippen molar-refractivity contribution in [1.29, 1.82) is 0 Å². The minimum absolute atomic E-state index is 0.0947. The number of hydrogen-bond acceptors (Lipinski definition) is 3. The molecule has 2 saturated heterocycles. The predicted molar refractivity (Wildman–Crippen MR) is 78.5 cm³/mol. The van der Waals surface area contributed by atoms with Gasteiger partial charge in [0.2, 0.25) is 5.91 Å². The third kappa shape index (κ3) is 2.26. The van der Waals surface area contributed by atoms with Crippen LogP contribution in [0, 0.1) is 17.3 Å². The number of amides is 1. The van der Waals surface area contributed by atoms with Crippen LogP contribution in [0.4, 0.5) is 0 Å². The molecule has 0 aromatic heterocycles. The second-order valence-corrected chi connectivity index (χ2v) is 7.36. The molecule has 3 aliphatic rings. The van der Waals surface area contributed by atoms with Gasteiger partial charge in [0.15, 0.2) is 0 Å². The van der Waals surface area contributed by atoms with Gasteiger partial charge in [-0.2, -0.15) is 0 Å². The summed E-state index contributed by atoms with van der Waals surface area (Å²) in [6.07, 6.45) is 6.24. The van der Waals surface area contributed by atoms with Crippen molar-refractivity contribution in [2.75, 3.05) is 6.54 Å². The molecule has 1 aliphatic carbocycles. The highest BCUT2D eigenvalue weighted by molar-refractivity contribution is 5.86. The molecule has 0 aromatic rings. The van der Waals surface area contributed by atoms with Gasteiger partial charge in [-0.3, -0.25) is 9.59 Å². The molecule has 21 heavy (non-hydrogen) atoms. The van der Waals surface area contributed by atoms with Gasteiger partial charge >= 0.3 is 5.97 Å². The quantitative estimate of drug-likeness (QED) is 0.828. The van der Waals surface area contributed by atoms with Crippen LogP contribution in [0.25, 0.3) is 0 Å². The summed E-state index contributed by atoms with van der Waals surface area (Å²) in [4.78, 5) is 26.4. The summed E-state index contributed by atoms with van der Waals surface area (Å²) in [7, 11) is 0. The van der Waals surface area contributed by atoms with E-state index >= 15 is 0 Å². The molecule has 2 bridgehead atoms. The van der Waals surface area contributed by atoms with Crippen LogP contribution in [-0.2, 0) is 9.59 Å². The number of fused-ring (bicyclic) bond motifs is 2. The van der Waals surface area contributed by atoms with Crippen molar-refractivity contribution in [3.8, 4) is 0 Å². The number of carbonyl (C=O) groups is 2. The summed E-state index contributed by atoms with van der Waals surface area (Å²) < 4.78 is 0. The maximum Gasteiger partial charge on any atom is 0.308 e. The Morgan fingerprint density at radius 1 is 1.24 bits per heavy atom. The summed E-state index contributed by atoms with van der Waals surface area (Å²) in [6, 6.07) is 0.0362. The van der Waals surface area contributed by atoms with Gasteiger partial charge in [0.05, 0.1) is 11.3 Å². The Hall–Kier alpha value is -1.10. The molecule has 3 atom stereocenters. The zero-order valence-electron chi connectivity index (χ0n) is 12.8. The standard InChI is InChI=1S/C16H26N2O3/c1-10-4-6-16(9-17,7-5-10)15(21)18-11-2-3-13(18)12(8-11)14(19)20/h10-13H,2-9,17H2,1H3,(H,19,20). The molecule has 1 saturated carbocycles. The first kappa shape index (κ1) is 14.8. The van der Waals surface area contributed by atoms with Crippen LogP contribution in [0.1, 0.15) is 51.9 Å². The number of carbonyl (C=O) groups excluding carboxylic acids is 1. The smallest absolute Gasteiger partial charge is 0.308 e. The molecule has 2 aliphatic heterocycles. The van der Waals surface area contributed by atoms with E-state index in [4.69, 9.17) is 5.73 Å². The van der Waals surface area contributed by atoms with Gasteiger partial charge in [0, 0.05) is 18.6 Å². The third-order valence-electron chi connectivity index (χ3n) is 6.16. The van der Waals surface area contributed by atoms with Crippen molar-refractivity contribution in [3.05, 3.63) is 0 Å². The fourth-order valence-electron chi connectivity index (χ4n) is 4.66. The fourth-order valence-corrected chi connectivity index (χ4v) is 4.66. The summed E-state index contributed by atoms with van der Waals surface area (Å²) >= 11 is 0. The van der Waals surface area contributed by atoms with Crippen molar-refractivity contribution in [2.45, 2.75) is 64.0 Å². The first-order chi connectivity index (χ1) is 9.98. The fraction of sp³-hybridized carbons (Fsp3) is 0.875. The Labute approximate surface area is 125 Å². The first-order valence-corrected chi connectivity index (χ1v) is 8.24. The SMILES string of the molecule is CC1CCC(CN)(C(=O)N2C3CCC2C(C(=O)O)C3)CC1. The highest BCUT2D eigenvalue weighted by Crippen LogP contribution is 2.47. The lowest BCUT2D eigenvalue weighted by atomic mass is 9.70. The monoisotopic (exact) mass is 294 g/mol. The van der Waals surface area contributed by atoms with Gasteiger partial charge < -0.3 is 15.7 Å². The zero-order chi connectivity index (χ0) is 15.2. The number of carboxylic acids is 1. The summed E-state index contributed by atoms with van der Waals surface area (Å²) in [5.41, 5.74) is 5.56. The maximum atomic E-state index is 13.1. The van der Waals surface area contributed by atoms with Crippen LogP contribution < -0.4 is 5.73 Å². The zero-order valence-corrected chi connectivity index (χ0v) is 12.8. The van der Waals surface area contributed by atoms with Gasteiger partial charge in [-0.1, -0.05) is 6.92 Å². The largest absolute Gasteiger partial charge is 0.481 e. The van der Waals surface area contributed by atoms with E-state index < -0.39 is 11.4 Å². The van der Waals surface area contributed by atoms with E-state index in [0.717, 1.165) is 38.5 Å². The Morgan fingerprint density at radius 3 is 2.43 bits per heavy atom. The molecule has 2 heterocycles. The van der Waals surface area contributed by atoms with Crippen molar-refractivity contribution in [1.82, 2.24) is 4.90 Å². The van der Waals surface area contributed by atoms with E-state index in [-0.39, 0.29) is 23.9 Å². The average molecular weight is 294 g/mol. The molecule has 1 amide bonds. The number of carboxylic acid groups (broad SMARTS) is 1. The van der Waals surface area contributed by atoms with Crippen LogP contribution >= 0.6 is 0 Å². The molecule has 3 rings (SSSR count). The van der Waals surface area contributed by atoms with Crippen molar-refractivity contribution in [2.24, 2.45) is 23.0 Å². The summed E-state index contributed by atoms with van der Waals surface area (Å²) in [6.45, 7) is 2.62. The Balaban J connectivity index is 1.80. The number of nitrogens with two attached hydrogens (primary N) is 1. The molecule has 3 fully saturated rings.